The highest BCUT2D eigenvalue weighted by Gasteiger charge is 2.51. The minimum Gasteiger partial charge on any atom is -0.463 e. The van der Waals surface area contributed by atoms with Gasteiger partial charge in [0, 0.05) is 34.2 Å². The molecule has 1 saturated heterocycles. The monoisotopic (exact) mass is 578 g/mol. The Morgan fingerprint density at radius 2 is 1.49 bits per heavy atom. The van der Waals surface area contributed by atoms with E-state index in [1.165, 1.54) is 0 Å². The normalized spacial score (nSPS) is 22.9. The maximum Gasteiger partial charge on any atom is 0.303 e. The van der Waals surface area contributed by atoms with E-state index in [-0.39, 0.29) is 0 Å². The summed E-state index contributed by atoms with van der Waals surface area (Å²) in [6.07, 6.45) is -5.32. The number of halogens is 1. The molecule has 1 aliphatic heterocycles. The molecule has 39 heavy (non-hydrogen) atoms. The first-order chi connectivity index (χ1) is 18.3. The number of hydrogen-bond acceptors (Lipinski definition) is 11. The summed E-state index contributed by atoms with van der Waals surface area (Å²) < 4.78 is 21.5. The van der Waals surface area contributed by atoms with Crippen molar-refractivity contribution in [2.24, 2.45) is 0 Å². The first-order valence-corrected chi connectivity index (χ1v) is 12.6. The van der Waals surface area contributed by atoms with E-state index in [1.54, 1.807) is 0 Å². The Hall–Kier alpha value is -3.46. The fourth-order valence-electron chi connectivity index (χ4n) is 3.67. The third kappa shape index (κ3) is 11.9. The van der Waals surface area contributed by atoms with Gasteiger partial charge in [-0.05, 0) is 6.42 Å². The molecule has 0 aromatic heterocycles. The molecule has 1 heterocycles. The average Bonchev–Trinajstić information content (AvgIpc) is 2.83. The summed E-state index contributed by atoms with van der Waals surface area (Å²) in [4.78, 5) is 84.6. The van der Waals surface area contributed by atoms with Crippen molar-refractivity contribution < 1.29 is 52.5 Å². The number of nitrogens with one attached hydrogen (secondary N) is 4. The molecule has 1 aliphatic rings. The summed E-state index contributed by atoms with van der Waals surface area (Å²) in [7, 11) is 0. The van der Waals surface area contributed by atoms with Crippen LogP contribution in [0.4, 0.5) is 0 Å². The van der Waals surface area contributed by atoms with E-state index in [0.29, 0.717) is 13.0 Å². The third-order valence-electron chi connectivity index (χ3n) is 5.13. The molecule has 0 spiro atoms. The molecule has 16 heteroatoms. The minimum absolute atomic E-state index is 0.295. The molecule has 0 saturated carbocycles. The van der Waals surface area contributed by atoms with Crippen LogP contribution < -0.4 is 21.3 Å². The number of carbonyl (C=O) groups excluding carboxylic acids is 7. The van der Waals surface area contributed by atoms with Gasteiger partial charge in [-0.15, -0.1) is 11.6 Å². The van der Waals surface area contributed by atoms with E-state index in [9.17, 15) is 33.6 Å². The number of carbonyl (C=O) groups is 7. The highest BCUT2D eigenvalue weighted by molar-refractivity contribution is 6.27. The zero-order valence-corrected chi connectivity index (χ0v) is 23.1. The first kappa shape index (κ1) is 33.6. The van der Waals surface area contributed by atoms with Gasteiger partial charge in [-0.3, -0.25) is 33.6 Å². The maximum atomic E-state index is 13.0. The lowest BCUT2D eigenvalue weighted by Gasteiger charge is -2.45. The summed E-state index contributed by atoms with van der Waals surface area (Å²) in [6.45, 7) is 6.11. The molecular weight excluding hydrogens is 544 g/mol. The molecule has 0 aromatic rings. The van der Waals surface area contributed by atoms with Crippen molar-refractivity contribution in [1.29, 1.82) is 0 Å². The number of rotatable bonds is 13. The summed E-state index contributed by atoms with van der Waals surface area (Å²) in [5.74, 6) is -5.46. The molecule has 0 radical (unpaired) electrons. The molecule has 15 nitrogen and oxygen atoms in total. The highest BCUT2D eigenvalue weighted by Crippen LogP contribution is 2.26. The van der Waals surface area contributed by atoms with Gasteiger partial charge in [0.2, 0.25) is 23.6 Å². The van der Waals surface area contributed by atoms with Gasteiger partial charge >= 0.3 is 17.9 Å². The summed E-state index contributed by atoms with van der Waals surface area (Å²) in [5, 5.41) is 9.92. The van der Waals surface area contributed by atoms with Gasteiger partial charge in [0.1, 0.15) is 30.7 Å². The lowest BCUT2D eigenvalue weighted by atomic mass is 9.94. The minimum atomic E-state index is -1.42. The van der Waals surface area contributed by atoms with Gasteiger partial charge in [-0.25, -0.2) is 0 Å². The first-order valence-electron chi connectivity index (χ1n) is 12.1. The fourth-order valence-corrected chi connectivity index (χ4v) is 3.75. The predicted octanol–water partition coefficient (Wildman–Crippen LogP) is -1.60. The Labute approximate surface area is 230 Å². The Kier molecular flexibility index (Phi) is 14.2. The van der Waals surface area contributed by atoms with Crippen LogP contribution in [0, 0.1) is 0 Å². The van der Waals surface area contributed by atoms with Crippen LogP contribution in [0.3, 0.4) is 0 Å². The van der Waals surface area contributed by atoms with E-state index in [0.717, 1.165) is 27.7 Å². The average molecular weight is 579 g/mol. The van der Waals surface area contributed by atoms with Crippen molar-refractivity contribution >= 4 is 53.1 Å². The van der Waals surface area contributed by atoms with Gasteiger partial charge in [0.25, 0.3) is 0 Å². The molecule has 220 valence electrons. The number of amides is 4. The van der Waals surface area contributed by atoms with Crippen molar-refractivity contribution in [3.05, 3.63) is 0 Å². The topological polar surface area (TPSA) is 205 Å². The van der Waals surface area contributed by atoms with Crippen LogP contribution in [0.5, 0.6) is 0 Å². The number of ether oxygens (including phenoxy) is 4. The Morgan fingerprint density at radius 3 is 2.00 bits per heavy atom. The SMILES string of the molecule is CCCNC(=O)[C@H](CC(=O)N[C@@H]1O[C@H](COC(C)=O)[C@@H](OC(C)=O)[C@H](OC(C)=O)[C@H]1NC(C)=O)NC(=O)CCl. The molecule has 4 amide bonds. The largest absolute Gasteiger partial charge is 0.463 e. The zero-order chi connectivity index (χ0) is 29.7. The second-order valence-electron chi connectivity index (χ2n) is 8.59. The van der Waals surface area contributed by atoms with Gasteiger partial charge in [-0.2, -0.15) is 0 Å². The predicted molar refractivity (Wildman–Crippen MR) is 133 cm³/mol. The zero-order valence-electron chi connectivity index (χ0n) is 22.4. The second-order valence-corrected chi connectivity index (χ2v) is 8.86. The lowest BCUT2D eigenvalue weighted by molar-refractivity contribution is -0.228. The van der Waals surface area contributed by atoms with Gasteiger partial charge < -0.3 is 40.2 Å². The molecular formula is C23H35ClN4O11. The summed E-state index contributed by atoms with van der Waals surface area (Å²) >= 11 is 5.52. The standard InChI is InChI=1S/C23H35ClN4O11/c1-6-7-25-22(35)15(27-18(34)9-24)8-17(33)28-23-19(26-11(2)29)21(38-14(5)32)20(37-13(4)31)16(39-23)10-36-12(3)30/h15-16,19-21,23H,6-10H2,1-5H3,(H,25,35)(H,26,29)(H,27,34)(H,28,33)/t15-,16+,19+,20+,21+,23+/m0/s1. The second kappa shape index (κ2) is 16.5. The van der Waals surface area contributed by atoms with E-state index in [4.69, 9.17) is 30.5 Å². The molecule has 4 N–H and O–H groups in total. The van der Waals surface area contributed by atoms with Crippen molar-refractivity contribution in [3.8, 4) is 0 Å². The van der Waals surface area contributed by atoms with E-state index < -0.39 is 97.1 Å². The van der Waals surface area contributed by atoms with Crippen molar-refractivity contribution in [1.82, 2.24) is 21.3 Å². The molecule has 0 aromatic carbocycles. The molecule has 0 unspecified atom stereocenters. The molecule has 6 atom stereocenters. The van der Waals surface area contributed by atoms with Crippen LogP contribution in [-0.4, -0.2) is 97.2 Å². The van der Waals surface area contributed by atoms with Crippen LogP contribution in [0.15, 0.2) is 0 Å². The number of alkyl halides is 1. The lowest BCUT2D eigenvalue weighted by Crippen LogP contribution is -2.69. The molecule has 0 aliphatic carbocycles. The maximum absolute atomic E-state index is 13.0. The van der Waals surface area contributed by atoms with Crippen LogP contribution in [0.25, 0.3) is 0 Å². The van der Waals surface area contributed by atoms with Crippen LogP contribution in [0.1, 0.15) is 47.5 Å². The summed E-state index contributed by atoms with van der Waals surface area (Å²) in [6, 6.07) is -2.57. The Morgan fingerprint density at radius 1 is 0.872 bits per heavy atom. The van der Waals surface area contributed by atoms with Gasteiger partial charge in [-0.1, -0.05) is 6.92 Å². The van der Waals surface area contributed by atoms with Crippen LogP contribution in [0.2, 0.25) is 0 Å². The van der Waals surface area contributed by atoms with E-state index in [2.05, 4.69) is 21.3 Å². The van der Waals surface area contributed by atoms with Crippen molar-refractivity contribution in [2.75, 3.05) is 19.0 Å². The fraction of sp³-hybridized carbons (Fsp3) is 0.696. The molecule has 1 rings (SSSR count). The number of esters is 3. The van der Waals surface area contributed by atoms with Gasteiger partial charge in [0.15, 0.2) is 18.4 Å². The Bertz CT molecular complexity index is 932. The van der Waals surface area contributed by atoms with E-state index in [1.807, 2.05) is 6.92 Å². The van der Waals surface area contributed by atoms with Crippen molar-refractivity contribution in [3.63, 3.8) is 0 Å². The van der Waals surface area contributed by atoms with Gasteiger partial charge in [0.05, 0.1) is 6.42 Å². The third-order valence-corrected chi connectivity index (χ3v) is 5.37. The highest BCUT2D eigenvalue weighted by atomic mass is 35.5. The smallest absolute Gasteiger partial charge is 0.303 e. The van der Waals surface area contributed by atoms with Crippen LogP contribution >= 0.6 is 11.6 Å². The van der Waals surface area contributed by atoms with E-state index >= 15 is 0 Å². The van der Waals surface area contributed by atoms with Crippen molar-refractivity contribution in [2.45, 2.75) is 84.1 Å². The Balaban J connectivity index is 3.32. The molecule has 1 fully saturated rings. The van der Waals surface area contributed by atoms with Crippen LogP contribution in [-0.2, 0) is 52.5 Å². The molecule has 0 bridgehead atoms. The summed E-state index contributed by atoms with van der Waals surface area (Å²) in [5.41, 5.74) is 0. The quantitative estimate of drug-likeness (QED) is 0.111. The number of hydrogen-bond donors (Lipinski definition) is 4.